The molecule has 1 aromatic carbocycles. The maximum Gasteiger partial charge on any atom is 0.270 e. The van der Waals surface area contributed by atoms with Crippen LogP contribution in [0.5, 0.6) is 5.75 Å². The zero-order chi connectivity index (χ0) is 25.7. The standard InChI is InChI=1S/C24H35N3O8/c1-15-21(33-5)13-26(3)24(29)18-12-16(27(30)31)6-8-19(18)34-14-22-20(32-4)9-7-17(35-22)10-11-25(2)23(15)28/h6,8,12,15,17,20-22H,7,9-11,13-14H2,1-5H3/t15-,17-,20-,21+,22+/m1/s1. The molecule has 0 N–H and O–H groups in total. The zero-order valence-electron chi connectivity index (χ0n) is 21.0. The van der Waals surface area contributed by atoms with E-state index in [0.29, 0.717) is 13.0 Å². The summed E-state index contributed by atoms with van der Waals surface area (Å²) in [6.07, 6.45) is 1.01. The zero-order valence-corrected chi connectivity index (χ0v) is 21.0. The molecule has 2 heterocycles. The summed E-state index contributed by atoms with van der Waals surface area (Å²) >= 11 is 0. The van der Waals surface area contributed by atoms with Crippen molar-refractivity contribution in [1.82, 2.24) is 9.80 Å². The number of methoxy groups -OCH3 is 2. The largest absolute Gasteiger partial charge is 0.490 e. The Morgan fingerprint density at radius 2 is 1.77 bits per heavy atom. The summed E-state index contributed by atoms with van der Waals surface area (Å²) in [5.74, 6) is -0.854. The lowest BCUT2D eigenvalue weighted by Crippen LogP contribution is -2.47. The van der Waals surface area contributed by atoms with Gasteiger partial charge in [0.15, 0.2) is 0 Å². The van der Waals surface area contributed by atoms with Gasteiger partial charge in [0.05, 0.1) is 34.7 Å². The number of ether oxygens (including phenoxy) is 4. The molecule has 35 heavy (non-hydrogen) atoms. The van der Waals surface area contributed by atoms with Gasteiger partial charge in [-0.05, 0) is 25.3 Å². The molecular weight excluding hydrogens is 458 g/mol. The molecule has 1 fully saturated rings. The summed E-state index contributed by atoms with van der Waals surface area (Å²) in [5.41, 5.74) is -0.165. The number of nitrogens with zero attached hydrogens (tertiary/aromatic N) is 3. The normalized spacial score (nSPS) is 28.9. The van der Waals surface area contributed by atoms with Gasteiger partial charge < -0.3 is 28.7 Å². The summed E-state index contributed by atoms with van der Waals surface area (Å²) in [5, 5.41) is 11.4. The Labute approximate surface area is 205 Å². The van der Waals surface area contributed by atoms with Crippen molar-refractivity contribution in [3.63, 3.8) is 0 Å². The van der Waals surface area contributed by atoms with Crippen LogP contribution in [0.3, 0.4) is 0 Å². The van der Waals surface area contributed by atoms with Gasteiger partial charge in [0, 0.05) is 53.5 Å². The number of non-ortho nitro benzene ring substituents is 1. The molecule has 0 saturated carbocycles. The van der Waals surface area contributed by atoms with Crippen molar-refractivity contribution in [2.45, 2.75) is 50.6 Å². The molecule has 0 radical (unpaired) electrons. The van der Waals surface area contributed by atoms with Gasteiger partial charge >= 0.3 is 0 Å². The van der Waals surface area contributed by atoms with E-state index in [4.69, 9.17) is 18.9 Å². The fraction of sp³-hybridized carbons (Fsp3) is 0.667. The van der Waals surface area contributed by atoms with Crippen LogP contribution in [-0.4, -0.2) is 99.0 Å². The third kappa shape index (κ3) is 6.28. The molecule has 2 amide bonds. The number of rotatable bonds is 3. The fourth-order valence-electron chi connectivity index (χ4n) is 4.61. The summed E-state index contributed by atoms with van der Waals surface area (Å²) < 4.78 is 23.4. The van der Waals surface area contributed by atoms with E-state index in [0.717, 1.165) is 12.8 Å². The average Bonchev–Trinajstić information content (AvgIpc) is 2.86. The Morgan fingerprint density at radius 3 is 2.43 bits per heavy atom. The second kappa shape index (κ2) is 11.8. The van der Waals surface area contributed by atoms with Gasteiger partial charge in [-0.25, -0.2) is 0 Å². The first kappa shape index (κ1) is 26.8. The van der Waals surface area contributed by atoms with Crippen LogP contribution in [-0.2, 0) is 19.0 Å². The highest BCUT2D eigenvalue weighted by Gasteiger charge is 2.34. The van der Waals surface area contributed by atoms with Crippen LogP contribution < -0.4 is 4.74 Å². The van der Waals surface area contributed by atoms with Crippen LogP contribution in [0.4, 0.5) is 5.69 Å². The van der Waals surface area contributed by atoms with E-state index in [1.807, 2.05) is 0 Å². The smallest absolute Gasteiger partial charge is 0.270 e. The van der Waals surface area contributed by atoms with Crippen molar-refractivity contribution in [3.8, 4) is 5.75 Å². The first-order chi connectivity index (χ1) is 16.7. The monoisotopic (exact) mass is 493 g/mol. The Balaban J connectivity index is 1.98. The molecule has 0 unspecified atom stereocenters. The van der Waals surface area contributed by atoms with Crippen molar-refractivity contribution < 1.29 is 33.5 Å². The number of carbonyl (C=O) groups is 2. The molecule has 5 atom stereocenters. The molecule has 11 heteroatoms. The van der Waals surface area contributed by atoms with Crippen LogP contribution in [0.15, 0.2) is 18.2 Å². The van der Waals surface area contributed by atoms with Gasteiger partial charge in [-0.3, -0.25) is 19.7 Å². The maximum atomic E-state index is 13.4. The fourth-order valence-corrected chi connectivity index (χ4v) is 4.61. The van der Waals surface area contributed by atoms with E-state index in [1.165, 1.54) is 30.2 Å². The lowest BCUT2D eigenvalue weighted by molar-refractivity contribution is -0.384. The number of benzene rings is 1. The Hall–Kier alpha value is -2.76. The summed E-state index contributed by atoms with van der Waals surface area (Å²) in [6, 6.07) is 3.94. The van der Waals surface area contributed by atoms with Gasteiger partial charge in [-0.1, -0.05) is 6.92 Å². The van der Waals surface area contributed by atoms with Gasteiger partial charge in [0.25, 0.3) is 11.6 Å². The number of likely N-dealkylation sites (N-methyl/N-ethyl adjacent to an activating group) is 1. The van der Waals surface area contributed by atoms with Crippen molar-refractivity contribution >= 4 is 17.5 Å². The van der Waals surface area contributed by atoms with E-state index in [1.54, 1.807) is 33.0 Å². The number of amides is 2. The van der Waals surface area contributed by atoms with Crippen molar-refractivity contribution in [3.05, 3.63) is 33.9 Å². The number of nitro benzene ring substituents is 1. The first-order valence-electron chi connectivity index (χ1n) is 11.8. The van der Waals surface area contributed by atoms with Crippen molar-refractivity contribution in [1.29, 1.82) is 0 Å². The first-order valence-corrected chi connectivity index (χ1v) is 11.8. The van der Waals surface area contributed by atoms with Gasteiger partial charge in [-0.15, -0.1) is 0 Å². The molecule has 2 bridgehead atoms. The van der Waals surface area contributed by atoms with Crippen LogP contribution >= 0.6 is 0 Å². The van der Waals surface area contributed by atoms with Crippen LogP contribution in [0.1, 0.15) is 36.5 Å². The van der Waals surface area contributed by atoms with Gasteiger partial charge in [0.1, 0.15) is 18.5 Å². The minimum Gasteiger partial charge on any atom is -0.490 e. The highest BCUT2D eigenvalue weighted by atomic mass is 16.6. The topological polar surface area (TPSA) is 121 Å². The average molecular weight is 494 g/mol. The third-order valence-corrected chi connectivity index (χ3v) is 6.88. The molecule has 194 valence electrons. The van der Waals surface area contributed by atoms with Crippen LogP contribution in [0.25, 0.3) is 0 Å². The van der Waals surface area contributed by atoms with E-state index in [9.17, 15) is 19.7 Å². The van der Waals surface area contributed by atoms with Crippen molar-refractivity contribution in [2.24, 2.45) is 5.92 Å². The molecule has 0 spiro atoms. The number of fused-ring (bicyclic) bond motifs is 3. The SMILES string of the molecule is CO[C@H]1CN(C)C(=O)c2cc([N+](=O)[O-])ccc2OC[C@@H]2O[C@H](CC[C@H]2OC)CCN(C)C(=O)[C@@H]1C. The molecular formula is C24H35N3O8. The highest BCUT2D eigenvalue weighted by Crippen LogP contribution is 2.29. The van der Waals surface area contributed by atoms with E-state index in [2.05, 4.69) is 0 Å². The quantitative estimate of drug-likeness (QED) is 0.464. The Bertz CT molecular complexity index is 926. The minimum absolute atomic E-state index is 0.0565. The van der Waals surface area contributed by atoms with E-state index < -0.39 is 22.9 Å². The van der Waals surface area contributed by atoms with Gasteiger partial charge in [0.2, 0.25) is 5.91 Å². The van der Waals surface area contributed by atoms with Crippen molar-refractivity contribution in [2.75, 3.05) is 48.0 Å². The Kier molecular flexibility index (Phi) is 9.03. The number of hydrogen-bond donors (Lipinski definition) is 0. The molecule has 1 aromatic rings. The second-order valence-electron chi connectivity index (χ2n) is 9.19. The molecule has 2 aliphatic heterocycles. The summed E-state index contributed by atoms with van der Waals surface area (Å²) in [7, 11) is 6.43. The molecule has 11 nitrogen and oxygen atoms in total. The molecule has 3 rings (SSSR count). The summed E-state index contributed by atoms with van der Waals surface area (Å²) in [6.45, 7) is 2.53. The number of nitro groups is 1. The lowest BCUT2D eigenvalue weighted by atomic mass is 9.98. The molecule has 0 aromatic heterocycles. The predicted molar refractivity (Wildman–Crippen MR) is 126 cm³/mol. The molecule has 2 aliphatic rings. The van der Waals surface area contributed by atoms with E-state index in [-0.39, 0.29) is 54.4 Å². The minimum atomic E-state index is -0.562. The highest BCUT2D eigenvalue weighted by molar-refractivity contribution is 5.97. The maximum absolute atomic E-state index is 13.4. The molecule has 1 saturated heterocycles. The number of hydrogen-bond acceptors (Lipinski definition) is 8. The summed E-state index contributed by atoms with van der Waals surface area (Å²) in [4.78, 5) is 40.3. The second-order valence-corrected chi connectivity index (χ2v) is 9.19. The predicted octanol–water partition coefficient (Wildman–Crippen LogP) is 2.12. The lowest BCUT2D eigenvalue weighted by Gasteiger charge is -2.37. The molecule has 0 aliphatic carbocycles. The van der Waals surface area contributed by atoms with Crippen LogP contribution in [0, 0.1) is 16.0 Å². The Morgan fingerprint density at radius 1 is 1.06 bits per heavy atom. The van der Waals surface area contributed by atoms with Gasteiger partial charge in [-0.2, -0.15) is 0 Å². The number of carbonyl (C=O) groups excluding carboxylic acids is 2. The van der Waals surface area contributed by atoms with E-state index >= 15 is 0 Å². The third-order valence-electron chi connectivity index (χ3n) is 6.88. The van der Waals surface area contributed by atoms with Crippen LogP contribution in [0.2, 0.25) is 0 Å².